The van der Waals surface area contributed by atoms with Gasteiger partial charge in [-0.25, -0.2) is 4.79 Å². The van der Waals surface area contributed by atoms with Crippen molar-refractivity contribution in [2.24, 2.45) is 5.73 Å². The maximum absolute atomic E-state index is 12.0. The summed E-state index contributed by atoms with van der Waals surface area (Å²) >= 11 is 0. The smallest absolute Gasteiger partial charge is 0.319 e. The number of primary amides is 1. The Bertz CT molecular complexity index is 586. The minimum absolute atomic E-state index is 0.0380. The van der Waals surface area contributed by atoms with E-state index < -0.39 is 23.4 Å². The lowest BCUT2D eigenvalue weighted by Gasteiger charge is -2.25. The van der Waals surface area contributed by atoms with Crippen LogP contribution in [0.1, 0.15) is 26.7 Å². The van der Waals surface area contributed by atoms with Gasteiger partial charge in [0.05, 0.1) is 0 Å². The van der Waals surface area contributed by atoms with E-state index in [9.17, 15) is 14.4 Å². The Balaban J connectivity index is 2.58. The highest BCUT2D eigenvalue weighted by Crippen LogP contribution is 2.18. The lowest BCUT2D eigenvalue weighted by molar-refractivity contribution is -0.137. The van der Waals surface area contributed by atoms with Gasteiger partial charge >= 0.3 is 12.0 Å². The van der Waals surface area contributed by atoms with Gasteiger partial charge in [-0.3, -0.25) is 9.59 Å². The van der Waals surface area contributed by atoms with Crippen molar-refractivity contribution in [2.45, 2.75) is 32.2 Å². The normalized spacial score (nSPS) is 10.7. The van der Waals surface area contributed by atoms with E-state index in [4.69, 9.17) is 15.6 Å². The average molecular weight is 323 g/mol. The minimum Gasteiger partial charge on any atom is -0.484 e. The van der Waals surface area contributed by atoms with E-state index in [2.05, 4.69) is 10.6 Å². The Hall–Kier alpha value is -2.77. The molecule has 0 aliphatic carbocycles. The molecular weight excluding hydrogens is 302 g/mol. The predicted molar refractivity (Wildman–Crippen MR) is 84.2 cm³/mol. The first-order valence-electron chi connectivity index (χ1n) is 7.00. The summed E-state index contributed by atoms with van der Waals surface area (Å²) in [5, 5.41) is 14.0. The molecule has 0 saturated carbocycles. The summed E-state index contributed by atoms with van der Waals surface area (Å²) in [5.41, 5.74) is 4.80. The Morgan fingerprint density at radius 3 is 2.61 bits per heavy atom. The van der Waals surface area contributed by atoms with Gasteiger partial charge in [0.1, 0.15) is 5.75 Å². The molecule has 8 nitrogen and oxygen atoms in total. The van der Waals surface area contributed by atoms with Crippen LogP contribution in [-0.2, 0) is 9.59 Å². The summed E-state index contributed by atoms with van der Waals surface area (Å²) in [6.45, 7) is 3.22. The van der Waals surface area contributed by atoms with E-state index in [0.29, 0.717) is 17.9 Å². The van der Waals surface area contributed by atoms with E-state index in [1.165, 1.54) is 0 Å². The molecule has 0 aliphatic rings. The fraction of sp³-hybridized carbons (Fsp3) is 0.400. The second kappa shape index (κ2) is 8.02. The Morgan fingerprint density at radius 1 is 1.30 bits per heavy atom. The Kier molecular flexibility index (Phi) is 6.37. The third-order valence-corrected chi connectivity index (χ3v) is 2.89. The van der Waals surface area contributed by atoms with E-state index in [1.54, 1.807) is 38.1 Å². The predicted octanol–water partition coefficient (Wildman–Crippen LogP) is 1.32. The number of urea groups is 1. The molecule has 126 valence electrons. The Labute approximate surface area is 134 Å². The standard InChI is InChI=1S/C15H21N3O5/c1-15(2,7-6-13(20)21)18-14(22)17-10-4-3-5-11(8-10)23-9-12(16)19/h3-5,8H,6-7,9H2,1-2H3,(H2,16,19)(H,20,21)(H2,17,18,22). The molecule has 5 N–H and O–H groups in total. The van der Waals surface area contributed by atoms with Crippen molar-refractivity contribution in [3.8, 4) is 5.75 Å². The second-order valence-electron chi connectivity index (χ2n) is 5.64. The maximum Gasteiger partial charge on any atom is 0.319 e. The summed E-state index contributed by atoms with van der Waals surface area (Å²) in [4.78, 5) is 33.2. The molecule has 0 saturated heterocycles. The number of nitrogens with two attached hydrogens (primary N) is 1. The number of carbonyl (C=O) groups is 3. The molecule has 8 heteroatoms. The minimum atomic E-state index is -0.917. The fourth-order valence-electron chi connectivity index (χ4n) is 1.77. The summed E-state index contributed by atoms with van der Waals surface area (Å²) in [6.07, 6.45) is 0.265. The number of ether oxygens (including phenoxy) is 1. The molecule has 0 atom stereocenters. The summed E-state index contributed by atoms with van der Waals surface area (Å²) in [6, 6.07) is 6.02. The van der Waals surface area contributed by atoms with E-state index in [0.717, 1.165) is 0 Å². The molecule has 0 radical (unpaired) electrons. The molecule has 1 rings (SSSR count). The van der Waals surface area contributed by atoms with Crippen molar-refractivity contribution in [1.82, 2.24) is 5.32 Å². The van der Waals surface area contributed by atoms with Crippen LogP contribution >= 0.6 is 0 Å². The van der Waals surface area contributed by atoms with Gasteiger partial charge in [-0.1, -0.05) is 6.07 Å². The van der Waals surface area contributed by atoms with Crippen molar-refractivity contribution >= 4 is 23.6 Å². The van der Waals surface area contributed by atoms with Gasteiger partial charge in [0.2, 0.25) is 0 Å². The van der Waals surface area contributed by atoms with Crippen LogP contribution in [0.3, 0.4) is 0 Å². The zero-order chi connectivity index (χ0) is 17.5. The van der Waals surface area contributed by atoms with Crippen LogP contribution in [-0.4, -0.2) is 35.2 Å². The highest BCUT2D eigenvalue weighted by atomic mass is 16.5. The van der Waals surface area contributed by atoms with Crippen LogP contribution < -0.4 is 21.1 Å². The number of rotatable bonds is 8. The SMILES string of the molecule is CC(C)(CCC(=O)O)NC(=O)Nc1cccc(OCC(N)=O)c1. The van der Waals surface area contributed by atoms with Crippen molar-refractivity contribution in [1.29, 1.82) is 0 Å². The van der Waals surface area contributed by atoms with E-state index in [-0.39, 0.29) is 13.0 Å². The van der Waals surface area contributed by atoms with E-state index in [1.807, 2.05) is 0 Å². The number of hydrogen-bond acceptors (Lipinski definition) is 4. The van der Waals surface area contributed by atoms with Gasteiger partial charge in [0.15, 0.2) is 6.61 Å². The van der Waals surface area contributed by atoms with Crippen LogP contribution in [0.2, 0.25) is 0 Å². The Morgan fingerprint density at radius 2 is 2.00 bits per heavy atom. The number of aliphatic carboxylic acids is 1. The summed E-state index contributed by atoms with van der Waals surface area (Å²) < 4.78 is 5.14. The quantitative estimate of drug-likeness (QED) is 0.573. The molecule has 0 aliphatic heterocycles. The van der Waals surface area contributed by atoms with Gasteiger partial charge in [0.25, 0.3) is 5.91 Å². The monoisotopic (exact) mass is 323 g/mol. The first-order valence-corrected chi connectivity index (χ1v) is 7.00. The highest BCUT2D eigenvalue weighted by molar-refractivity contribution is 5.90. The first-order chi connectivity index (χ1) is 10.7. The molecule has 1 aromatic carbocycles. The lowest BCUT2D eigenvalue weighted by atomic mass is 9.99. The van der Waals surface area contributed by atoms with Crippen LogP contribution in [0.15, 0.2) is 24.3 Å². The lowest BCUT2D eigenvalue weighted by Crippen LogP contribution is -2.45. The van der Waals surface area contributed by atoms with Crippen molar-refractivity contribution in [3.05, 3.63) is 24.3 Å². The van der Waals surface area contributed by atoms with Crippen LogP contribution in [0.5, 0.6) is 5.75 Å². The third-order valence-electron chi connectivity index (χ3n) is 2.89. The maximum atomic E-state index is 12.0. The number of hydrogen-bond donors (Lipinski definition) is 4. The van der Waals surface area contributed by atoms with Crippen LogP contribution in [0, 0.1) is 0 Å². The molecule has 1 aromatic rings. The molecular formula is C15H21N3O5. The molecule has 3 amide bonds. The first kappa shape index (κ1) is 18.3. The summed E-state index contributed by atoms with van der Waals surface area (Å²) in [7, 11) is 0. The molecule has 0 fully saturated rings. The van der Waals surface area contributed by atoms with E-state index >= 15 is 0 Å². The number of amides is 3. The van der Waals surface area contributed by atoms with Gasteiger partial charge in [-0.05, 0) is 32.4 Å². The van der Waals surface area contributed by atoms with Crippen LogP contribution in [0.25, 0.3) is 0 Å². The van der Waals surface area contributed by atoms with Gasteiger partial charge in [0, 0.05) is 23.7 Å². The number of benzene rings is 1. The number of carboxylic acids is 1. The summed E-state index contributed by atoms with van der Waals surface area (Å²) in [5.74, 6) is -1.12. The second-order valence-corrected chi connectivity index (χ2v) is 5.64. The van der Waals surface area contributed by atoms with Crippen LogP contribution in [0.4, 0.5) is 10.5 Å². The third kappa shape index (κ3) is 7.70. The van der Waals surface area contributed by atoms with Crippen molar-refractivity contribution < 1.29 is 24.2 Å². The molecule has 0 heterocycles. The molecule has 23 heavy (non-hydrogen) atoms. The number of anilines is 1. The largest absolute Gasteiger partial charge is 0.484 e. The van der Waals surface area contributed by atoms with Gasteiger partial charge < -0.3 is 26.2 Å². The number of carboxylic acid groups (broad SMARTS) is 1. The molecule has 0 spiro atoms. The molecule has 0 bridgehead atoms. The highest BCUT2D eigenvalue weighted by Gasteiger charge is 2.21. The fourth-order valence-corrected chi connectivity index (χ4v) is 1.77. The van der Waals surface area contributed by atoms with Gasteiger partial charge in [-0.15, -0.1) is 0 Å². The molecule has 0 unspecified atom stereocenters. The number of carbonyl (C=O) groups excluding carboxylic acids is 2. The zero-order valence-electron chi connectivity index (χ0n) is 13.1. The van der Waals surface area contributed by atoms with Crippen molar-refractivity contribution in [2.75, 3.05) is 11.9 Å². The molecule has 0 aromatic heterocycles. The van der Waals surface area contributed by atoms with Gasteiger partial charge in [-0.2, -0.15) is 0 Å². The van der Waals surface area contributed by atoms with Crippen molar-refractivity contribution in [3.63, 3.8) is 0 Å². The topological polar surface area (TPSA) is 131 Å². The number of nitrogens with one attached hydrogen (secondary N) is 2. The average Bonchev–Trinajstić information content (AvgIpc) is 2.43. The zero-order valence-corrected chi connectivity index (χ0v) is 13.1.